The third-order valence-corrected chi connectivity index (χ3v) is 4.82. The normalized spacial score (nSPS) is 10.0. The molecule has 2 aromatic rings. The molecule has 0 atom stereocenters. The van der Waals surface area contributed by atoms with Crippen LogP contribution in [0.25, 0.3) is 0 Å². The highest BCUT2D eigenvalue weighted by Gasteiger charge is 2.10. The van der Waals surface area contributed by atoms with Crippen LogP contribution in [0.2, 0.25) is 0 Å². The monoisotopic (exact) mass is 445 g/mol. The Hall–Kier alpha value is -3.53. The number of ether oxygens (including phenoxy) is 2. The third-order valence-electron chi connectivity index (χ3n) is 3.89. The van der Waals surface area contributed by atoms with Gasteiger partial charge in [-0.25, -0.2) is 0 Å². The van der Waals surface area contributed by atoms with Crippen LogP contribution < -0.4 is 20.7 Å². The van der Waals surface area contributed by atoms with Crippen molar-refractivity contribution in [3.63, 3.8) is 0 Å². The second-order valence-corrected chi connectivity index (χ2v) is 7.14. The van der Waals surface area contributed by atoms with Gasteiger partial charge < -0.3 is 25.4 Å². The highest BCUT2D eigenvalue weighted by atomic mass is 32.2. The molecule has 10 heteroatoms. The van der Waals surface area contributed by atoms with Crippen molar-refractivity contribution in [1.29, 1.82) is 0 Å². The minimum Gasteiger partial charge on any atom is -0.497 e. The van der Waals surface area contributed by atoms with Crippen molar-refractivity contribution >= 4 is 46.8 Å². The maximum absolute atomic E-state index is 12.0. The van der Waals surface area contributed by atoms with Gasteiger partial charge in [0.1, 0.15) is 12.3 Å². The Kier molecular flexibility index (Phi) is 9.37. The summed E-state index contributed by atoms with van der Waals surface area (Å²) in [5.41, 5.74) is 1.50. The molecule has 0 bridgehead atoms. The molecule has 9 nitrogen and oxygen atoms in total. The molecule has 0 saturated heterocycles. The Labute approximate surface area is 183 Å². The van der Waals surface area contributed by atoms with Crippen LogP contribution in [0.15, 0.2) is 48.5 Å². The molecule has 0 aliphatic carbocycles. The van der Waals surface area contributed by atoms with Gasteiger partial charge in [-0.3, -0.25) is 19.2 Å². The molecule has 0 fully saturated rings. The van der Waals surface area contributed by atoms with Gasteiger partial charge in [-0.2, -0.15) is 0 Å². The second kappa shape index (κ2) is 12.2. The molecular weight excluding hydrogens is 422 g/mol. The van der Waals surface area contributed by atoms with Crippen LogP contribution >= 0.6 is 11.8 Å². The number of esters is 1. The minimum atomic E-state index is -0.549. The van der Waals surface area contributed by atoms with Crippen molar-refractivity contribution in [2.24, 2.45) is 0 Å². The fourth-order valence-electron chi connectivity index (χ4n) is 2.34. The summed E-state index contributed by atoms with van der Waals surface area (Å²) in [5.74, 6) is -0.556. The summed E-state index contributed by atoms with van der Waals surface area (Å²) in [6, 6.07) is 13.1. The lowest BCUT2D eigenvalue weighted by Gasteiger charge is -2.08. The second-order valence-electron chi connectivity index (χ2n) is 6.15. The Morgan fingerprint density at radius 2 is 1.32 bits per heavy atom. The van der Waals surface area contributed by atoms with Crippen molar-refractivity contribution in [2.45, 2.75) is 0 Å². The lowest BCUT2D eigenvalue weighted by atomic mass is 10.2. The molecule has 3 N–H and O–H groups in total. The topological polar surface area (TPSA) is 123 Å². The molecule has 0 radical (unpaired) electrons. The highest BCUT2D eigenvalue weighted by Crippen LogP contribution is 2.15. The van der Waals surface area contributed by atoms with Gasteiger partial charge in [-0.05, 0) is 48.5 Å². The van der Waals surface area contributed by atoms with E-state index in [1.165, 1.54) is 31.0 Å². The van der Waals surface area contributed by atoms with Crippen LogP contribution in [0.5, 0.6) is 5.75 Å². The number of methoxy groups -OCH3 is 2. The summed E-state index contributed by atoms with van der Waals surface area (Å²) in [7, 11) is 2.80. The summed E-state index contributed by atoms with van der Waals surface area (Å²) >= 11 is 1.18. The van der Waals surface area contributed by atoms with Gasteiger partial charge in [0.2, 0.25) is 11.8 Å². The van der Waals surface area contributed by atoms with Crippen LogP contribution in [-0.2, 0) is 19.1 Å². The predicted octanol–water partition coefficient (Wildman–Crippen LogP) is 1.91. The van der Waals surface area contributed by atoms with E-state index in [2.05, 4.69) is 20.7 Å². The Balaban J connectivity index is 1.71. The van der Waals surface area contributed by atoms with E-state index in [1.54, 1.807) is 43.5 Å². The van der Waals surface area contributed by atoms with Crippen molar-refractivity contribution in [1.82, 2.24) is 5.32 Å². The van der Waals surface area contributed by atoms with Crippen LogP contribution in [0.3, 0.4) is 0 Å². The summed E-state index contributed by atoms with van der Waals surface area (Å²) in [5, 5.41) is 7.86. The zero-order valence-electron chi connectivity index (χ0n) is 17.1. The van der Waals surface area contributed by atoms with Crippen molar-refractivity contribution in [3.8, 4) is 5.75 Å². The lowest BCUT2D eigenvalue weighted by molar-refractivity contribution is -0.139. The maximum atomic E-state index is 12.0. The van der Waals surface area contributed by atoms with E-state index in [9.17, 15) is 19.2 Å². The quantitative estimate of drug-likeness (QED) is 0.478. The standard InChI is InChI=1S/C21H23N3O6S/c1-29-17-9-7-16(8-10-17)24-19(26)13-31-12-18(25)23-15-5-3-14(4-6-15)21(28)22-11-20(27)30-2/h3-10H,11-13H2,1-2H3,(H,22,28)(H,23,25)(H,24,26). The van der Waals surface area contributed by atoms with Gasteiger partial charge >= 0.3 is 5.97 Å². The molecule has 2 rings (SSSR count). The summed E-state index contributed by atoms with van der Waals surface area (Å²) in [6.45, 7) is -0.225. The summed E-state index contributed by atoms with van der Waals surface area (Å²) < 4.78 is 9.51. The van der Waals surface area contributed by atoms with E-state index in [-0.39, 0.29) is 29.9 Å². The Morgan fingerprint density at radius 1 is 0.806 bits per heavy atom. The van der Waals surface area contributed by atoms with E-state index in [0.717, 1.165) is 0 Å². The summed E-state index contributed by atoms with van der Waals surface area (Å²) in [6.07, 6.45) is 0. The van der Waals surface area contributed by atoms with E-state index in [4.69, 9.17) is 4.74 Å². The number of carbonyl (C=O) groups is 4. The molecule has 3 amide bonds. The fourth-order valence-corrected chi connectivity index (χ4v) is 2.95. The number of benzene rings is 2. The highest BCUT2D eigenvalue weighted by molar-refractivity contribution is 8.00. The molecule has 164 valence electrons. The fraction of sp³-hybridized carbons (Fsp3) is 0.238. The Bertz CT molecular complexity index is 916. The molecular formula is C21H23N3O6S. The minimum absolute atomic E-state index is 0.0946. The van der Waals surface area contributed by atoms with Gasteiger partial charge in [-0.15, -0.1) is 11.8 Å². The van der Waals surface area contributed by atoms with Gasteiger partial charge in [-0.1, -0.05) is 0 Å². The van der Waals surface area contributed by atoms with Crippen LogP contribution in [0.4, 0.5) is 11.4 Å². The molecule has 2 aromatic carbocycles. The van der Waals surface area contributed by atoms with Crippen LogP contribution in [0.1, 0.15) is 10.4 Å². The van der Waals surface area contributed by atoms with E-state index in [0.29, 0.717) is 22.7 Å². The zero-order valence-corrected chi connectivity index (χ0v) is 17.9. The molecule has 0 aliphatic heterocycles. The van der Waals surface area contributed by atoms with Gasteiger partial charge in [0.05, 0.1) is 25.7 Å². The van der Waals surface area contributed by atoms with Crippen molar-refractivity contribution in [2.75, 3.05) is 42.9 Å². The molecule has 0 spiro atoms. The number of anilines is 2. The number of hydrogen-bond acceptors (Lipinski definition) is 7. The van der Waals surface area contributed by atoms with E-state index < -0.39 is 11.9 Å². The first-order valence-electron chi connectivity index (χ1n) is 9.18. The van der Waals surface area contributed by atoms with Crippen molar-refractivity contribution < 1.29 is 28.7 Å². The number of carbonyl (C=O) groups excluding carboxylic acids is 4. The van der Waals surface area contributed by atoms with E-state index in [1.807, 2.05) is 0 Å². The van der Waals surface area contributed by atoms with Crippen LogP contribution in [0, 0.1) is 0 Å². The average molecular weight is 445 g/mol. The smallest absolute Gasteiger partial charge is 0.325 e. The number of rotatable bonds is 10. The molecule has 0 heterocycles. The van der Waals surface area contributed by atoms with E-state index >= 15 is 0 Å². The predicted molar refractivity (Wildman–Crippen MR) is 118 cm³/mol. The molecule has 0 saturated carbocycles. The van der Waals surface area contributed by atoms with Crippen molar-refractivity contribution in [3.05, 3.63) is 54.1 Å². The van der Waals surface area contributed by atoms with Gasteiger partial charge in [0, 0.05) is 16.9 Å². The summed E-state index contributed by atoms with van der Waals surface area (Å²) in [4.78, 5) is 47.0. The molecule has 0 aliphatic rings. The SMILES string of the molecule is COC(=O)CNC(=O)c1ccc(NC(=O)CSCC(=O)Nc2ccc(OC)cc2)cc1. The first-order valence-corrected chi connectivity index (χ1v) is 10.3. The first-order chi connectivity index (χ1) is 14.9. The van der Waals surface area contributed by atoms with Gasteiger partial charge in [0.15, 0.2) is 0 Å². The average Bonchev–Trinajstić information content (AvgIpc) is 2.78. The lowest BCUT2D eigenvalue weighted by Crippen LogP contribution is -2.30. The zero-order chi connectivity index (χ0) is 22.6. The number of nitrogens with one attached hydrogen (secondary N) is 3. The molecule has 0 unspecified atom stereocenters. The third kappa shape index (κ3) is 8.39. The Morgan fingerprint density at radius 3 is 1.81 bits per heavy atom. The maximum Gasteiger partial charge on any atom is 0.325 e. The first kappa shape index (κ1) is 23.7. The number of thioether (sulfide) groups is 1. The molecule has 31 heavy (non-hydrogen) atoms. The van der Waals surface area contributed by atoms with Gasteiger partial charge in [0.25, 0.3) is 5.91 Å². The molecule has 0 aromatic heterocycles. The van der Waals surface area contributed by atoms with Crippen LogP contribution in [-0.4, -0.2) is 56.0 Å². The number of amides is 3. The largest absolute Gasteiger partial charge is 0.497 e. The number of hydrogen-bond donors (Lipinski definition) is 3.